The molecule has 0 radical (unpaired) electrons. The third-order valence-electron chi connectivity index (χ3n) is 5.29. The first-order chi connectivity index (χ1) is 12.4. The van der Waals surface area contributed by atoms with Crippen LogP contribution in [0.3, 0.4) is 0 Å². The Hall–Kier alpha value is -2.38. The van der Waals surface area contributed by atoms with Crippen molar-refractivity contribution in [3.05, 3.63) is 32.6 Å². The molecule has 142 valence electrons. The second kappa shape index (κ2) is 7.88. The largest absolute Gasteiger partial charge is 0.350 e. The topological polar surface area (TPSA) is 104 Å². The van der Waals surface area contributed by atoms with Crippen LogP contribution < -0.4 is 16.6 Å². The molecule has 0 bridgehead atoms. The number of hydrogen-bond acceptors (Lipinski definition) is 4. The van der Waals surface area contributed by atoms with E-state index in [-0.39, 0.29) is 30.4 Å². The molecule has 2 aliphatic rings. The summed E-state index contributed by atoms with van der Waals surface area (Å²) in [4.78, 5) is 51.9. The number of aromatic nitrogens is 2. The van der Waals surface area contributed by atoms with Gasteiger partial charge in [-0.15, -0.1) is 0 Å². The highest BCUT2D eigenvalue weighted by molar-refractivity contribution is 5.82. The van der Waals surface area contributed by atoms with Crippen LogP contribution in [0.5, 0.6) is 0 Å². The van der Waals surface area contributed by atoms with Gasteiger partial charge in [-0.2, -0.15) is 0 Å². The Labute approximate surface area is 151 Å². The van der Waals surface area contributed by atoms with E-state index in [1.807, 2.05) is 4.90 Å². The van der Waals surface area contributed by atoms with Crippen molar-refractivity contribution in [2.24, 2.45) is 0 Å². The van der Waals surface area contributed by atoms with Crippen molar-refractivity contribution < 1.29 is 9.59 Å². The van der Waals surface area contributed by atoms with Gasteiger partial charge in [0.05, 0.1) is 6.04 Å². The quantitative estimate of drug-likeness (QED) is 0.751. The number of carbonyl (C=O) groups is 2. The predicted octanol–water partition coefficient (Wildman–Crippen LogP) is 0.285. The number of aryl methyl sites for hydroxylation is 1. The fourth-order valence-electron chi connectivity index (χ4n) is 3.91. The van der Waals surface area contributed by atoms with Gasteiger partial charge in [0, 0.05) is 30.8 Å². The van der Waals surface area contributed by atoms with Gasteiger partial charge in [0.15, 0.2) is 0 Å². The number of aromatic amines is 1. The highest BCUT2D eigenvalue weighted by Gasteiger charge is 2.35. The van der Waals surface area contributed by atoms with Gasteiger partial charge in [-0.1, -0.05) is 25.7 Å². The van der Waals surface area contributed by atoms with E-state index in [0.29, 0.717) is 18.5 Å². The lowest BCUT2D eigenvalue weighted by atomic mass is 10.1. The van der Waals surface area contributed by atoms with Crippen LogP contribution in [0.25, 0.3) is 0 Å². The van der Waals surface area contributed by atoms with Gasteiger partial charge in [0.1, 0.15) is 6.54 Å². The first-order valence-corrected chi connectivity index (χ1v) is 9.33. The van der Waals surface area contributed by atoms with E-state index in [1.54, 1.807) is 6.92 Å². The summed E-state index contributed by atoms with van der Waals surface area (Å²) >= 11 is 0. The number of hydrogen-bond donors (Lipinski definition) is 2. The third kappa shape index (κ3) is 4.23. The van der Waals surface area contributed by atoms with Gasteiger partial charge in [-0.3, -0.25) is 23.9 Å². The molecular weight excluding hydrogens is 336 g/mol. The van der Waals surface area contributed by atoms with Crippen LogP contribution in [-0.2, 0) is 16.1 Å². The van der Waals surface area contributed by atoms with Crippen molar-refractivity contribution in [3.8, 4) is 0 Å². The van der Waals surface area contributed by atoms with Crippen LogP contribution in [0, 0.1) is 6.92 Å². The summed E-state index contributed by atoms with van der Waals surface area (Å²) in [5, 5.41) is 2.85. The van der Waals surface area contributed by atoms with Crippen LogP contribution in [0.4, 0.5) is 0 Å². The molecule has 1 aliphatic carbocycles. The summed E-state index contributed by atoms with van der Waals surface area (Å²) in [7, 11) is 0. The molecule has 1 saturated heterocycles. The van der Waals surface area contributed by atoms with Crippen molar-refractivity contribution in [2.45, 2.75) is 70.5 Å². The molecule has 26 heavy (non-hydrogen) atoms. The number of likely N-dealkylation sites (tertiary alicyclic amines) is 1. The third-order valence-corrected chi connectivity index (χ3v) is 5.29. The molecule has 1 aromatic rings. The van der Waals surface area contributed by atoms with Crippen LogP contribution in [0.1, 0.15) is 50.5 Å². The zero-order valence-corrected chi connectivity index (χ0v) is 15.1. The Morgan fingerprint density at radius 1 is 1.19 bits per heavy atom. The molecule has 1 saturated carbocycles. The van der Waals surface area contributed by atoms with Gasteiger partial charge in [-0.05, 0) is 19.8 Å². The lowest BCUT2D eigenvalue weighted by Crippen LogP contribution is -2.43. The second-order valence-corrected chi connectivity index (χ2v) is 7.36. The Morgan fingerprint density at radius 2 is 1.88 bits per heavy atom. The van der Waals surface area contributed by atoms with E-state index in [1.165, 1.54) is 23.6 Å². The predicted molar refractivity (Wildman–Crippen MR) is 95.8 cm³/mol. The minimum absolute atomic E-state index is 0.0965. The summed E-state index contributed by atoms with van der Waals surface area (Å²) < 4.78 is 1.17. The number of rotatable bonds is 4. The van der Waals surface area contributed by atoms with Crippen LogP contribution >= 0.6 is 0 Å². The smallest absolute Gasteiger partial charge is 0.328 e. The molecule has 3 rings (SSSR count). The molecular formula is C18H26N4O4. The molecule has 0 unspecified atom stereocenters. The number of nitrogens with one attached hydrogen (secondary N) is 2. The van der Waals surface area contributed by atoms with Crippen molar-refractivity contribution in [2.75, 3.05) is 6.54 Å². The minimum atomic E-state index is -0.613. The maximum absolute atomic E-state index is 12.4. The van der Waals surface area contributed by atoms with Gasteiger partial charge in [-0.25, -0.2) is 4.79 Å². The van der Waals surface area contributed by atoms with E-state index in [2.05, 4.69) is 10.3 Å². The van der Waals surface area contributed by atoms with Crippen molar-refractivity contribution in [1.82, 2.24) is 19.8 Å². The Kier molecular flexibility index (Phi) is 5.58. The Bertz CT molecular complexity index is 789. The molecule has 8 nitrogen and oxygen atoms in total. The lowest BCUT2D eigenvalue weighted by Gasteiger charge is -2.27. The molecule has 1 aromatic heterocycles. The van der Waals surface area contributed by atoms with Gasteiger partial charge in [0.2, 0.25) is 11.8 Å². The Morgan fingerprint density at radius 3 is 2.58 bits per heavy atom. The molecule has 1 aliphatic heterocycles. The average Bonchev–Trinajstić information content (AvgIpc) is 2.79. The van der Waals surface area contributed by atoms with Crippen LogP contribution in [0.15, 0.2) is 15.8 Å². The molecule has 0 aromatic carbocycles. The van der Waals surface area contributed by atoms with Crippen LogP contribution in [-0.4, -0.2) is 44.9 Å². The zero-order valence-electron chi connectivity index (χ0n) is 15.1. The summed E-state index contributed by atoms with van der Waals surface area (Å²) in [5.74, 6) is -0.238. The molecule has 2 amide bonds. The molecule has 2 heterocycles. The van der Waals surface area contributed by atoms with E-state index in [0.717, 1.165) is 25.7 Å². The average molecular weight is 362 g/mol. The summed E-state index contributed by atoms with van der Waals surface area (Å²) in [6.45, 7) is 1.94. The number of amides is 2. The summed E-state index contributed by atoms with van der Waals surface area (Å²) in [6, 6.07) is 0.0641. The second-order valence-electron chi connectivity index (χ2n) is 7.36. The maximum Gasteiger partial charge on any atom is 0.328 e. The SMILES string of the molecule is Cc1cn(CC(=O)N[C@@H]2CC(=O)N(C3CCCCCC3)C2)c(=O)[nH]c1=O. The normalized spacial score (nSPS) is 21.7. The molecule has 2 fully saturated rings. The van der Waals surface area contributed by atoms with Gasteiger partial charge < -0.3 is 10.2 Å². The molecule has 0 spiro atoms. The Balaban J connectivity index is 1.58. The molecule has 1 atom stereocenters. The van der Waals surface area contributed by atoms with E-state index >= 15 is 0 Å². The highest BCUT2D eigenvalue weighted by atomic mass is 16.2. The first-order valence-electron chi connectivity index (χ1n) is 9.33. The minimum Gasteiger partial charge on any atom is -0.350 e. The fourth-order valence-corrected chi connectivity index (χ4v) is 3.91. The molecule has 8 heteroatoms. The van der Waals surface area contributed by atoms with Gasteiger partial charge in [0.25, 0.3) is 5.56 Å². The van der Waals surface area contributed by atoms with E-state index in [4.69, 9.17) is 0 Å². The van der Waals surface area contributed by atoms with Crippen molar-refractivity contribution in [1.29, 1.82) is 0 Å². The van der Waals surface area contributed by atoms with E-state index in [9.17, 15) is 19.2 Å². The number of H-pyrrole nitrogens is 1. The summed E-state index contributed by atoms with van der Waals surface area (Å²) in [5.41, 5.74) is -0.696. The standard InChI is InChI=1S/C18H26N4O4/c1-12-9-21(18(26)20-17(12)25)11-15(23)19-13-8-16(24)22(10-13)14-6-4-2-3-5-7-14/h9,13-14H,2-8,10-11H2,1H3,(H,19,23)(H,20,25,26)/t13-/m1/s1. The monoisotopic (exact) mass is 362 g/mol. The van der Waals surface area contributed by atoms with Crippen molar-refractivity contribution >= 4 is 11.8 Å². The van der Waals surface area contributed by atoms with Crippen LogP contribution in [0.2, 0.25) is 0 Å². The summed E-state index contributed by atoms with van der Waals surface area (Å²) in [6.07, 6.45) is 8.52. The number of nitrogens with zero attached hydrogens (tertiary/aromatic N) is 2. The van der Waals surface area contributed by atoms with Crippen molar-refractivity contribution in [3.63, 3.8) is 0 Å². The molecule has 2 N–H and O–H groups in total. The fraction of sp³-hybridized carbons (Fsp3) is 0.667. The highest BCUT2D eigenvalue weighted by Crippen LogP contribution is 2.25. The number of carbonyl (C=O) groups excluding carboxylic acids is 2. The lowest BCUT2D eigenvalue weighted by molar-refractivity contribution is -0.129. The van der Waals surface area contributed by atoms with E-state index < -0.39 is 11.2 Å². The van der Waals surface area contributed by atoms with Gasteiger partial charge >= 0.3 is 5.69 Å². The maximum atomic E-state index is 12.4. The zero-order chi connectivity index (χ0) is 18.7. The first kappa shape index (κ1) is 18.4.